The first-order valence-electron chi connectivity index (χ1n) is 6.99. The molecule has 0 aromatic carbocycles. The molecule has 0 saturated carbocycles. The largest absolute Gasteiger partial charge is 0.381 e. The third kappa shape index (κ3) is 5.56. The van der Waals surface area contributed by atoms with Crippen molar-refractivity contribution in [2.75, 3.05) is 26.7 Å². The second kappa shape index (κ2) is 9.38. The Bertz CT molecular complexity index is 416. The molecule has 0 radical (unpaired) electrons. The highest BCUT2D eigenvalue weighted by Gasteiger charge is 2.28. The van der Waals surface area contributed by atoms with Gasteiger partial charge in [0.05, 0.1) is 19.2 Å². The van der Waals surface area contributed by atoms with Crippen LogP contribution < -0.4 is 11.1 Å². The summed E-state index contributed by atoms with van der Waals surface area (Å²) in [5.74, 6) is 0.0627. The third-order valence-electron chi connectivity index (χ3n) is 3.78. The molecule has 0 aliphatic carbocycles. The van der Waals surface area contributed by atoms with E-state index in [4.69, 9.17) is 10.5 Å². The summed E-state index contributed by atoms with van der Waals surface area (Å²) in [6, 6.07) is 4.25. The van der Waals surface area contributed by atoms with Crippen LogP contribution in [-0.2, 0) is 16.1 Å². The molecule has 1 amide bonds. The molecule has 1 saturated heterocycles. The minimum absolute atomic E-state index is 0. The van der Waals surface area contributed by atoms with E-state index in [2.05, 4.69) is 10.2 Å². The number of rotatable bonds is 6. The minimum Gasteiger partial charge on any atom is -0.381 e. The van der Waals surface area contributed by atoms with Crippen LogP contribution >= 0.6 is 23.7 Å². The molecule has 2 heterocycles. The maximum absolute atomic E-state index is 12.0. The lowest BCUT2D eigenvalue weighted by atomic mass is 9.99. The Balaban J connectivity index is 0.00000220. The molecular weight excluding hydrogens is 310 g/mol. The van der Waals surface area contributed by atoms with Gasteiger partial charge >= 0.3 is 0 Å². The monoisotopic (exact) mass is 333 g/mol. The topological polar surface area (TPSA) is 67.6 Å². The summed E-state index contributed by atoms with van der Waals surface area (Å²) in [5, 5.41) is 4.98. The van der Waals surface area contributed by atoms with E-state index in [0.717, 1.165) is 19.4 Å². The maximum Gasteiger partial charge on any atom is 0.234 e. The van der Waals surface area contributed by atoms with E-state index >= 15 is 0 Å². The van der Waals surface area contributed by atoms with Crippen LogP contribution in [-0.4, -0.2) is 49.7 Å². The summed E-state index contributed by atoms with van der Waals surface area (Å²) >= 11 is 1.65. The first-order chi connectivity index (χ1) is 9.72. The molecule has 1 aromatic heterocycles. The van der Waals surface area contributed by atoms with Gasteiger partial charge in [-0.2, -0.15) is 0 Å². The fraction of sp³-hybridized carbons (Fsp3) is 0.643. The molecule has 2 atom stereocenters. The van der Waals surface area contributed by atoms with E-state index in [9.17, 15) is 4.79 Å². The first-order valence-corrected chi connectivity index (χ1v) is 7.87. The SMILES string of the molecule is COC1CCN(CC(=O)NCc2cccs2)C(CN)C1.Cl. The van der Waals surface area contributed by atoms with Crippen LogP contribution in [0.4, 0.5) is 0 Å². The number of hydrogen-bond donors (Lipinski definition) is 2. The number of ether oxygens (including phenoxy) is 1. The van der Waals surface area contributed by atoms with Crippen LogP contribution in [0, 0.1) is 0 Å². The van der Waals surface area contributed by atoms with Crippen molar-refractivity contribution >= 4 is 29.7 Å². The highest BCUT2D eigenvalue weighted by atomic mass is 35.5. The van der Waals surface area contributed by atoms with Gasteiger partial charge in [0, 0.05) is 31.1 Å². The van der Waals surface area contributed by atoms with E-state index in [-0.39, 0.29) is 30.5 Å². The lowest BCUT2D eigenvalue weighted by molar-refractivity contribution is -0.123. The van der Waals surface area contributed by atoms with Gasteiger partial charge in [-0.05, 0) is 24.3 Å². The van der Waals surface area contributed by atoms with Crippen LogP contribution in [0.15, 0.2) is 17.5 Å². The fourth-order valence-electron chi connectivity index (χ4n) is 2.57. The molecular formula is C14H24ClN3O2S. The normalized spacial score (nSPS) is 22.6. The molecule has 2 unspecified atom stereocenters. The Labute approximate surface area is 136 Å². The van der Waals surface area contributed by atoms with E-state index in [1.807, 2.05) is 17.5 Å². The van der Waals surface area contributed by atoms with Gasteiger partial charge in [0.1, 0.15) is 0 Å². The Morgan fingerprint density at radius 1 is 1.62 bits per heavy atom. The van der Waals surface area contributed by atoms with Gasteiger partial charge in [-0.1, -0.05) is 6.07 Å². The smallest absolute Gasteiger partial charge is 0.234 e. The number of nitrogens with two attached hydrogens (primary N) is 1. The van der Waals surface area contributed by atoms with Crippen molar-refractivity contribution in [1.29, 1.82) is 0 Å². The molecule has 120 valence electrons. The van der Waals surface area contributed by atoms with Crippen LogP contribution in [0.5, 0.6) is 0 Å². The highest BCUT2D eigenvalue weighted by Crippen LogP contribution is 2.18. The van der Waals surface area contributed by atoms with Crippen molar-refractivity contribution in [2.45, 2.75) is 31.5 Å². The Morgan fingerprint density at radius 3 is 3.05 bits per heavy atom. The number of nitrogens with one attached hydrogen (secondary N) is 1. The van der Waals surface area contributed by atoms with E-state index in [0.29, 0.717) is 19.6 Å². The van der Waals surface area contributed by atoms with Crippen molar-refractivity contribution in [3.63, 3.8) is 0 Å². The minimum atomic E-state index is 0. The van der Waals surface area contributed by atoms with E-state index in [1.54, 1.807) is 18.4 Å². The Hall–Kier alpha value is -0.660. The van der Waals surface area contributed by atoms with Gasteiger partial charge in [-0.15, -0.1) is 23.7 Å². The van der Waals surface area contributed by atoms with Crippen LogP contribution in [0.2, 0.25) is 0 Å². The molecule has 1 aliphatic rings. The Morgan fingerprint density at radius 2 is 2.43 bits per heavy atom. The van der Waals surface area contributed by atoms with Crippen molar-refractivity contribution in [3.8, 4) is 0 Å². The average molecular weight is 334 g/mol. The number of halogens is 1. The zero-order chi connectivity index (χ0) is 14.4. The summed E-state index contributed by atoms with van der Waals surface area (Å²) in [5.41, 5.74) is 5.81. The predicted molar refractivity (Wildman–Crippen MR) is 87.9 cm³/mol. The van der Waals surface area contributed by atoms with Crippen molar-refractivity contribution in [2.24, 2.45) is 5.73 Å². The number of methoxy groups -OCH3 is 1. The fourth-order valence-corrected chi connectivity index (χ4v) is 3.21. The lowest BCUT2D eigenvalue weighted by Crippen LogP contribution is -2.51. The number of carbonyl (C=O) groups excluding carboxylic acids is 1. The quantitative estimate of drug-likeness (QED) is 0.821. The molecule has 21 heavy (non-hydrogen) atoms. The second-order valence-corrected chi connectivity index (χ2v) is 6.13. The number of piperidine rings is 1. The van der Waals surface area contributed by atoms with Crippen LogP contribution in [0.3, 0.4) is 0 Å². The molecule has 1 fully saturated rings. The number of hydrogen-bond acceptors (Lipinski definition) is 5. The molecule has 2 rings (SSSR count). The number of nitrogens with zero attached hydrogens (tertiary/aromatic N) is 1. The molecule has 1 aromatic rings. The molecule has 3 N–H and O–H groups in total. The molecule has 7 heteroatoms. The summed E-state index contributed by atoms with van der Waals surface area (Å²) in [7, 11) is 1.74. The van der Waals surface area contributed by atoms with Gasteiger partial charge in [-0.3, -0.25) is 9.69 Å². The highest BCUT2D eigenvalue weighted by molar-refractivity contribution is 7.09. The summed E-state index contributed by atoms with van der Waals surface area (Å²) in [4.78, 5) is 15.3. The third-order valence-corrected chi connectivity index (χ3v) is 4.66. The molecule has 5 nitrogen and oxygen atoms in total. The molecule has 0 spiro atoms. The standard InChI is InChI=1S/C14H23N3O2S.ClH/c1-19-12-4-5-17(11(7-12)8-15)10-14(18)16-9-13-3-2-6-20-13;/h2-3,6,11-12H,4-5,7-10,15H2,1H3,(H,16,18);1H. The van der Waals surface area contributed by atoms with Crippen molar-refractivity contribution < 1.29 is 9.53 Å². The van der Waals surface area contributed by atoms with Gasteiger partial charge < -0.3 is 15.8 Å². The van der Waals surface area contributed by atoms with Crippen LogP contribution in [0.25, 0.3) is 0 Å². The van der Waals surface area contributed by atoms with Gasteiger partial charge in [0.15, 0.2) is 0 Å². The Kier molecular flexibility index (Phi) is 8.21. The summed E-state index contributed by atoms with van der Waals surface area (Å²) in [6.07, 6.45) is 2.14. The van der Waals surface area contributed by atoms with Gasteiger partial charge in [0.2, 0.25) is 5.91 Å². The number of likely N-dealkylation sites (tertiary alicyclic amines) is 1. The number of carbonyl (C=O) groups is 1. The summed E-state index contributed by atoms with van der Waals surface area (Å²) in [6.45, 7) is 2.47. The molecule has 1 aliphatic heterocycles. The van der Waals surface area contributed by atoms with Crippen molar-refractivity contribution in [3.05, 3.63) is 22.4 Å². The first kappa shape index (κ1) is 18.4. The zero-order valence-electron chi connectivity index (χ0n) is 12.3. The van der Waals surface area contributed by atoms with E-state index in [1.165, 1.54) is 4.88 Å². The maximum atomic E-state index is 12.0. The number of thiophene rings is 1. The second-order valence-electron chi connectivity index (χ2n) is 5.10. The lowest BCUT2D eigenvalue weighted by Gasteiger charge is -2.37. The average Bonchev–Trinajstić information content (AvgIpc) is 2.99. The van der Waals surface area contributed by atoms with Gasteiger partial charge in [0.25, 0.3) is 0 Å². The summed E-state index contributed by atoms with van der Waals surface area (Å²) < 4.78 is 5.39. The predicted octanol–water partition coefficient (Wildman–Crippen LogP) is 1.22. The van der Waals surface area contributed by atoms with E-state index < -0.39 is 0 Å². The molecule has 0 bridgehead atoms. The van der Waals surface area contributed by atoms with Gasteiger partial charge in [-0.25, -0.2) is 0 Å². The zero-order valence-corrected chi connectivity index (χ0v) is 13.9. The van der Waals surface area contributed by atoms with Crippen LogP contribution in [0.1, 0.15) is 17.7 Å². The number of amides is 1. The van der Waals surface area contributed by atoms with Crippen molar-refractivity contribution in [1.82, 2.24) is 10.2 Å².